The lowest BCUT2D eigenvalue weighted by Gasteiger charge is -2.26. The molecule has 0 bridgehead atoms. The molecular formula is C20H26N2O. The van der Waals surface area contributed by atoms with Crippen molar-refractivity contribution in [1.82, 2.24) is 0 Å². The predicted molar refractivity (Wildman–Crippen MR) is 97.9 cm³/mol. The van der Waals surface area contributed by atoms with Crippen LogP contribution in [0, 0.1) is 6.92 Å². The highest BCUT2D eigenvalue weighted by Gasteiger charge is 2.27. The number of carbonyl (C=O) groups excluding carboxylic acids is 1. The van der Waals surface area contributed by atoms with E-state index in [-0.39, 0.29) is 5.91 Å². The molecule has 0 saturated carbocycles. The van der Waals surface area contributed by atoms with E-state index in [1.165, 1.54) is 5.56 Å². The SMILES string of the molecule is CCCc1ccc(NC(=O)C(C)(C)Nc2cccc(C)c2)cc1. The van der Waals surface area contributed by atoms with Crippen molar-refractivity contribution in [3.63, 3.8) is 0 Å². The molecule has 2 N–H and O–H groups in total. The van der Waals surface area contributed by atoms with Gasteiger partial charge in [0, 0.05) is 11.4 Å². The maximum Gasteiger partial charge on any atom is 0.249 e. The van der Waals surface area contributed by atoms with Crippen molar-refractivity contribution in [2.45, 2.75) is 46.1 Å². The Morgan fingerprint density at radius 1 is 1.04 bits per heavy atom. The number of benzene rings is 2. The van der Waals surface area contributed by atoms with Gasteiger partial charge in [-0.3, -0.25) is 4.79 Å². The van der Waals surface area contributed by atoms with Crippen LogP contribution in [0.2, 0.25) is 0 Å². The first-order chi connectivity index (χ1) is 10.9. The molecule has 0 atom stereocenters. The van der Waals surface area contributed by atoms with Gasteiger partial charge in [0.25, 0.3) is 0 Å². The van der Waals surface area contributed by atoms with Crippen LogP contribution in [0.25, 0.3) is 0 Å². The topological polar surface area (TPSA) is 41.1 Å². The molecule has 0 heterocycles. The summed E-state index contributed by atoms with van der Waals surface area (Å²) in [5.74, 6) is -0.0535. The zero-order valence-corrected chi connectivity index (χ0v) is 14.4. The quantitative estimate of drug-likeness (QED) is 0.806. The van der Waals surface area contributed by atoms with Gasteiger partial charge in [0.1, 0.15) is 5.54 Å². The smallest absolute Gasteiger partial charge is 0.249 e. The Morgan fingerprint density at radius 2 is 1.74 bits per heavy atom. The summed E-state index contributed by atoms with van der Waals surface area (Å²) in [6, 6.07) is 16.1. The van der Waals surface area contributed by atoms with Crippen molar-refractivity contribution in [2.24, 2.45) is 0 Å². The normalized spacial score (nSPS) is 11.1. The lowest BCUT2D eigenvalue weighted by Crippen LogP contribution is -2.44. The predicted octanol–water partition coefficient (Wildman–Crippen LogP) is 4.78. The zero-order chi connectivity index (χ0) is 16.9. The van der Waals surface area contributed by atoms with E-state index in [0.29, 0.717) is 0 Å². The summed E-state index contributed by atoms with van der Waals surface area (Å²) < 4.78 is 0. The van der Waals surface area contributed by atoms with Gasteiger partial charge in [0.05, 0.1) is 0 Å². The number of carbonyl (C=O) groups is 1. The summed E-state index contributed by atoms with van der Waals surface area (Å²) in [5, 5.41) is 6.28. The van der Waals surface area contributed by atoms with Crippen molar-refractivity contribution in [1.29, 1.82) is 0 Å². The third-order valence-corrected chi connectivity index (χ3v) is 3.79. The molecule has 0 fully saturated rings. The van der Waals surface area contributed by atoms with E-state index >= 15 is 0 Å². The molecule has 122 valence electrons. The van der Waals surface area contributed by atoms with Crippen molar-refractivity contribution in [3.8, 4) is 0 Å². The summed E-state index contributed by atoms with van der Waals surface area (Å²) in [4.78, 5) is 12.6. The van der Waals surface area contributed by atoms with Crippen molar-refractivity contribution >= 4 is 17.3 Å². The molecule has 3 heteroatoms. The number of aryl methyl sites for hydroxylation is 2. The van der Waals surface area contributed by atoms with Gasteiger partial charge in [0.15, 0.2) is 0 Å². The van der Waals surface area contributed by atoms with Gasteiger partial charge in [0.2, 0.25) is 5.91 Å². The third-order valence-electron chi connectivity index (χ3n) is 3.79. The first-order valence-corrected chi connectivity index (χ1v) is 8.16. The molecule has 0 aliphatic carbocycles. The summed E-state index contributed by atoms with van der Waals surface area (Å²) in [7, 11) is 0. The summed E-state index contributed by atoms with van der Waals surface area (Å²) in [6.45, 7) is 7.97. The molecule has 0 spiro atoms. The number of hydrogen-bond donors (Lipinski definition) is 2. The number of hydrogen-bond acceptors (Lipinski definition) is 2. The second-order valence-corrected chi connectivity index (χ2v) is 6.52. The van der Waals surface area contributed by atoms with Gasteiger partial charge in [-0.25, -0.2) is 0 Å². The number of anilines is 2. The fraction of sp³-hybridized carbons (Fsp3) is 0.350. The van der Waals surface area contributed by atoms with Crippen molar-refractivity contribution in [2.75, 3.05) is 10.6 Å². The van der Waals surface area contributed by atoms with Gasteiger partial charge in [-0.1, -0.05) is 37.6 Å². The molecular weight excluding hydrogens is 284 g/mol. The Hall–Kier alpha value is -2.29. The molecule has 0 aliphatic heterocycles. The van der Waals surface area contributed by atoms with Crippen molar-refractivity contribution in [3.05, 3.63) is 59.7 Å². The van der Waals surface area contributed by atoms with Gasteiger partial charge in [-0.15, -0.1) is 0 Å². The Labute approximate surface area is 139 Å². The minimum atomic E-state index is -0.699. The van der Waals surface area contributed by atoms with E-state index in [9.17, 15) is 4.79 Å². The van der Waals surface area contributed by atoms with E-state index in [0.717, 1.165) is 29.8 Å². The van der Waals surface area contributed by atoms with Gasteiger partial charge >= 0.3 is 0 Å². The molecule has 1 amide bonds. The molecule has 23 heavy (non-hydrogen) atoms. The Kier molecular flexibility index (Phi) is 5.43. The van der Waals surface area contributed by atoms with E-state index < -0.39 is 5.54 Å². The van der Waals surface area contributed by atoms with Crippen molar-refractivity contribution < 1.29 is 4.79 Å². The fourth-order valence-electron chi connectivity index (χ4n) is 2.47. The van der Waals surface area contributed by atoms with Gasteiger partial charge in [-0.05, 0) is 62.6 Å². The van der Waals surface area contributed by atoms with Gasteiger partial charge < -0.3 is 10.6 Å². The molecule has 0 radical (unpaired) electrons. The molecule has 0 aromatic heterocycles. The average Bonchev–Trinajstić information content (AvgIpc) is 2.49. The molecule has 0 unspecified atom stereocenters. The molecule has 3 nitrogen and oxygen atoms in total. The second-order valence-electron chi connectivity index (χ2n) is 6.52. The Balaban J connectivity index is 2.03. The minimum Gasteiger partial charge on any atom is -0.372 e. The van der Waals surface area contributed by atoms with Crippen LogP contribution < -0.4 is 10.6 Å². The lowest BCUT2D eigenvalue weighted by atomic mass is 10.0. The van der Waals surface area contributed by atoms with Crippen LogP contribution >= 0.6 is 0 Å². The highest BCUT2D eigenvalue weighted by molar-refractivity contribution is 5.99. The number of rotatable bonds is 6. The van der Waals surface area contributed by atoms with E-state index in [4.69, 9.17) is 0 Å². The highest BCUT2D eigenvalue weighted by Crippen LogP contribution is 2.19. The number of amides is 1. The summed E-state index contributed by atoms with van der Waals surface area (Å²) in [5.41, 5.74) is 3.54. The van der Waals surface area contributed by atoms with Crippen LogP contribution in [0.5, 0.6) is 0 Å². The number of nitrogens with one attached hydrogen (secondary N) is 2. The maximum absolute atomic E-state index is 12.6. The molecule has 2 aromatic carbocycles. The van der Waals surface area contributed by atoms with E-state index in [1.807, 2.05) is 57.2 Å². The van der Waals surface area contributed by atoms with E-state index in [1.54, 1.807) is 0 Å². The maximum atomic E-state index is 12.6. The highest BCUT2D eigenvalue weighted by atomic mass is 16.2. The minimum absolute atomic E-state index is 0.0535. The van der Waals surface area contributed by atoms with Crippen LogP contribution in [0.3, 0.4) is 0 Å². The van der Waals surface area contributed by atoms with Crippen LogP contribution in [0.15, 0.2) is 48.5 Å². The standard InChI is InChI=1S/C20H26N2O/c1-5-7-16-10-12-17(13-11-16)21-19(23)20(3,4)22-18-9-6-8-15(2)14-18/h6,8-14,22H,5,7H2,1-4H3,(H,21,23). The zero-order valence-electron chi connectivity index (χ0n) is 14.4. The molecule has 2 aromatic rings. The molecule has 0 saturated heterocycles. The van der Waals surface area contributed by atoms with Crippen LogP contribution in [0.1, 0.15) is 38.3 Å². The first kappa shape index (κ1) is 17.1. The largest absolute Gasteiger partial charge is 0.372 e. The Bertz CT molecular complexity index is 660. The Morgan fingerprint density at radius 3 is 2.35 bits per heavy atom. The summed E-state index contributed by atoms with van der Waals surface area (Å²) in [6.07, 6.45) is 2.19. The van der Waals surface area contributed by atoms with Crippen LogP contribution in [-0.2, 0) is 11.2 Å². The van der Waals surface area contributed by atoms with Crippen LogP contribution in [0.4, 0.5) is 11.4 Å². The third kappa shape index (κ3) is 4.85. The molecule has 2 rings (SSSR count). The molecule has 0 aliphatic rings. The monoisotopic (exact) mass is 310 g/mol. The second kappa shape index (κ2) is 7.32. The first-order valence-electron chi connectivity index (χ1n) is 8.16. The average molecular weight is 310 g/mol. The fourth-order valence-corrected chi connectivity index (χ4v) is 2.47. The summed E-state index contributed by atoms with van der Waals surface area (Å²) >= 11 is 0. The van der Waals surface area contributed by atoms with Crippen LogP contribution in [-0.4, -0.2) is 11.4 Å². The van der Waals surface area contributed by atoms with E-state index in [2.05, 4.69) is 29.7 Å². The lowest BCUT2D eigenvalue weighted by molar-refractivity contribution is -0.119. The van der Waals surface area contributed by atoms with Gasteiger partial charge in [-0.2, -0.15) is 0 Å².